The van der Waals surface area contributed by atoms with Crippen LogP contribution in [0.15, 0.2) is 18.2 Å². The first-order valence-corrected chi connectivity index (χ1v) is 11.7. The van der Waals surface area contributed by atoms with Crippen molar-refractivity contribution in [3.05, 3.63) is 29.6 Å². The number of benzene rings is 1. The van der Waals surface area contributed by atoms with E-state index in [9.17, 15) is 14.4 Å². The molecule has 10 nitrogen and oxygen atoms in total. The van der Waals surface area contributed by atoms with Crippen LogP contribution in [0.4, 0.5) is 4.79 Å². The Morgan fingerprint density at radius 3 is 2.67 bits per heavy atom. The minimum absolute atomic E-state index is 0.0669. The zero-order valence-electron chi connectivity index (χ0n) is 18.6. The Kier molecular flexibility index (Phi) is 5.48. The van der Waals surface area contributed by atoms with E-state index in [1.807, 2.05) is 6.07 Å². The highest BCUT2D eigenvalue weighted by Gasteiger charge is 2.50. The van der Waals surface area contributed by atoms with Crippen LogP contribution in [-0.2, 0) is 10.3 Å². The van der Waals surface area contributed by atoms with Crippen LogP contribution in [0, 0.1) is 5.92 Å². The van der Waals surface area contributed by atoms with Gasteiger partial charge in [-0.15, -0.1) is 0 Å². The summed E-state index contributed by atoms with van der Waals surface area (Å²) in [5.41, 5.74) is 7.13. The number of rotatable bonds is 5. The van der Waals surface area contributed by atoms with E-state index in [0.717, 1.165) is 37.1 Å². The average Bonchev–Trinajstić information content (AvgIpc) is 3.36. The van der Waals surface area contributed by atoms with Crippen LogP contribution in [0.5, 0.6) is 0 Å². The summed E-state index contributed by atoms with van der Waals surface area (Å²) in [6.07, 6.45) is 3.69. The van der Waals surface area contributed by atoms with E-state index in [4.69, 9.17) is 15.8 Å². The number of nitrogens with zero attached hydrogens (tertiary/aromatic N) is 4. The quantitative estimate of drug-likeness (QED) is 0.628. The maximum Gasteiger partial charge on any atom is 0.407 e. The molecule has 10 heteroatoms. The van der Waals surface area contributed by atoms with Crippen molar-refractivity contribution in [1.82, 2.24) is 24.7 Å². The molecule has 2 bridgehead atoms. The zero-order valence-corrected chi connectivity index (χ0v) is 18.6. The molecule has 1 saturated carbocycles. The Balaban J connectivity index is 1.34. The third-order valence-corrected chi connectivity index (χ3v) is 7.63. The molecule has 2 aromatic rings. The Labute approximate surface area is 191 Å². The monoisotopic (exact) mass is 454 g/mol. The topological polar surface area (TPSA) is 136 Å². The number of H-pyrrole nitrogens is 1. The van der Waals surface area contributed by atoms with E-state index in [-0.39, 0.29) is 11.4 Å². The highest BCUT2D eigenvalue weighted by atomic mass is 16.4. The summed E-state index contributed by atoms with van der Waals surface area (Å²) >= 11 is 0. The number of carbonyl (C=O) groups is 3. The molecule has 3 aliphatic rings. The van der Waals surface area contributed by atoms with Crippen LogP contribution in [0.25, 0.3) is 11.0 Å². The van der Waals surface area contributed by atoms with E-state index >= 15 is 0 Å². The van der Waals surface area contributed by atoms with Gasteiger partial charge in [-0.1, -0.05) is 12.5 Å². The van der Waals surface area contributed by atoms with Gasteiger partial charge >= 0.3 is 6.09 Å². The zero-order chi connectivity index (χ0) is 23.2. The van der Waals surface area contributed by atoms with Gasteiger partial charge in [-0.2, -0.15) is 0 Å². The number of carbonyl (C=O) groups excluding carboxylic acids is 2. The first-order chi connectivity index (χ1) is 15.9. The Morgan fingerprint density at radius 1 is 1.18 bits per heavy atom. The van der Waals surface area contributed by atoms with Gasteiger partial charge in [0, 0.05) is 45.7 Å². The Hall–Kier alpha value is -3.14. The van der Waals surface area contributed by atoms with E-state index in [2.05, 4.69) is 9.88 Å². The molecule has 1 aromatic heterocycles. The van der Waals surface area contributed by atoms with Crippen molar-refractivity contribution < 1.29 is 19.5 Å². The van der Waals surface area contributed by atoms with Crippen molar-refractivity contribution in [2.45, 2.75) is 37.6 Å². The third-order valence-electron chi connectivity index (χ3n) is 7.63. The molecule has 176 valence electrons. The van der Waals surface area contributed by atoms with Crippen LogP contribution in [-0.4, -0.2) is 87.0 Å². The first-order valence-electron chi connectivity index (χ1n) is 11.7. The van der Waals surface area contributed by atoms with Gasteiger partial charge in [-0.25, -0.2) is 9.78 Å². The van der Waals surface area contributed by atoms with Crippen molar-refractivity contribution in [2.75, 3.05) is 39.3 Å². The SMILES string of the molecule is NC(=O)c1cccc2[nH]c([C@@]34CCC[C@@H](CN3CCC(=O)N3CCN(C(=O)O)CC3)C4)nc12. The Bertz CT molecular complexity index is 1090. The fraction of sp³-hybridized carbons (Fsp3) is 0.565. The number of likely N-dealkylation sites (tertiary alicyclic amines) is 1. The molecule has 0 unspecified atom stereocenters. The second-order valence-electron chi connectivity index (χ2n) is 9.49. The number of primary amides is 1. The molecule has 2 saturated heterocycles. The number of carboxylic acid groups (broad SMARTS) is 1. The number of hydrogen-bond acceptors (Lipinski definition) is 5. The van der Waals surface area contributed by atoms with Crippen molar-refractivity contribution in [1.29, 1.82) is 0 Å². The molecule has 3 amide bonds. The smallest absolute Gasteiger partial charge is 0.407 e. The van der Waals surface area contributed by atoms with Gasteiger partial charge in [0.15, 0.2) is 0 Å². The number of piperazine rings is 1. The van der Waals surface area contributed by atoms with Gasteiger partial charge in [-0.3, -0.25) is 14.5 Å². The molecule has 2 atom stereocenters. The molecular weight excluding hydrogens is 424 g/mol. The van der Waals surface area contributed by atoms with Gasteiger partial charge in [-0.05, 0) is 37.3 Å². The third kappa shape index (κ3) is 3.82. The molecule has 5 rings (SSSR count). The summed E-state index contributed by atoms with van der Waals surface area (Å²) in [5, 5.41) is 9.12. The predicted molar refractivity (Wildman–Crippen MR) is 121 cm³/mol. The number of aromatic nitrogens is 2. The maximum absolute atomic E-state index is 12.9. The molecule has 0 spiro atoms. The predicted octanol–water partition coefficient (Wildman–Crippen LogP) is 1.58. The second-order valence-corrected chi connectivity index (χ2v) is 9.49. The molecule has 33 heavy (non-hydrogen) atoms. The molecule has 3 heterocycles. The van der Waals surface area contributed by atoms with Gasteiger partial charge in [0.25, 0.3) is 5.91 Å². The van der Waals surface area contributed by atoms with E-state index < -0.39 is 12.0 Å². The van der Waals surface area contributed by atoms with Gasteiger partial charge in [0.2, 0.25) is 5.91 Å². The van der Waals surface area contributed by atoms with Crippen LogP contribution in [0.2, 0.25) is 0 Å². The summed E-state index contributed by atoms with van der Waals surface area (Å²) in [5.74, 6) is 1.000. The Morgan fingerprint density at radius 2 is 1.94 bits per heavy atom. The number of hydrogen-bond donors (Lipinski definition) is 3. The fourth-order valence-corrected chi connectivity index (χ4v) is 5.95. The number of nitrogens with one attached hydrogen (secondary N) is 1. The van der Waals surface area contributed by atoms with Crippen molar-refractivity contribution in [2.24, 2.45) is 11.7 Å². The lowest BCUT2D eigenvalue weighted by Crippen LogP contribution is -2.51. The highest BCUT2D eigenvalue weighted by Crippen LogP contribution is 2.50. The van der Waals surface area contributed by atoms with Crippen LogP contribution >= 0.6 is 0 Å². The molecule has 4 N–H and O–H groups in total. The average molecular weight is 455 g/mol. The van der Waals surface area contributed by atoms with Crippen LogP contribution < -0.4 is 5.73 Å². The van der Waals surface area contributed by atoms with Gasteiger partial charge in [0.1, 0.15) is 11.3 Å². The van der Waals surface area contributed by atoms with E-state index in [1.54, 1.807) is 17.0 Å². The molecule has 0 radical (unpaired) electrons. The summed E-state index contributed by atoms with van der Waals surface area (Å²) in [6.45, 7) is 3.17. The summed E-state index contributed by atoms with van der Waals surface area (Å²) in [7, 11) is 0. The largest absolute Gasteiger partial charge is 0.465 e. The number of fused-ring (bicyclic) bond motifs is 3. The minimum atomic E-state index is -0.932. The fourth-order valence-electron chi connectivity index (χ4n) is 5.95. The van der Waals surface area contributed by atoms with Crippen LogP contribution in [0.3, 0.4) is 0 Å². The number of amides is 3. The molecule has 3 fully saturated rings. The standard InChI is InChI=1S/C23H30N6O4/c24-20(31)16-4-1-5-17-19(16)26-21(25-17)23-7-2-3-15(13-23)14-29(23)8-6-18(30)27-9-11-28(12-10-27)22(32)33/h1,4-5,15H,2-3,6-14H2,(H2,24,31)(H,25,26)(H,32,33)/t15-,23+/m1/s1. The minimum Gasteiger partial charge on any atom is -0.465 e. The lowest BCUT2D eigenvalue weighted by Gasteiger charge is -2.39. The maximum atomic E-state index is 12.9. The number of imidazole rings is 1. The van der Waals surface area contributed by atoms with Crippen molar-refractivity contribution >= 4 is 28.9 Å². The number of para-hydroxylation sites is 1. The van der Waals surface area contributed by atoms with Gasteiger partial charge in [0.05, 0.1) is 16.6 Å². The lowest BCUT2D eigenvalue weighted by molar-refractivity contribution is -0.133. The van der Waals surface area contributed by atoms with Crippen molar-refractivity contribution in [3.8, 4) is 0 Å². The summed E-state index contributed by atoms with van der Waals surface area (Å²) in [6, 6.07) is 5.42. The molecule has 2 aliphatic heterocycles. The number of nitrogens with two attached hydrogens (primary N) is 1. The lowest BCUT2D eigenvalue weighted by atomic mass is 9.79. The molecule has 1 aliphatic carbocycles. The second kappa shape index (κ2) is 8.33. The van der Waals surface area contributed by atoms with E-state index in [0.29, 0.717) is 56.1 Å². The van der Waals surface area contributed by atoms with Crippen molar-refractivity contribution in [3.63, 3.8) is 0 Å². The van der Waals surface area contributed by atoms with E-state index in [1.165, 1.54) is 11.3 Å². The highest BCUT2D eigenvalue weighted by molar-refractivity contribution is 6.04. The summed E-state index contributed by atoms with van der Waals surface area (Å²) < 4.78 is 0. The first kappa shape index (κ1) is 21.7. The summed E-state index contributed by atoms with van der Waals surface area (Å²) in [4.78, 5) is 49.7. The normalized spacial score (nSPS) is 25.5. The van der Waals surface area contributed by atoms with Gasteiger partial charge < -0.3 is 25.6 Å². The molecule has 1 aromatic carbocycles. The number of aromatic amines is 1. The van der Waals surface area contributed by atoms with Crippen LogP contribution in [0.1, 0.15) is 48.3 Å². The molecular formula is C23H30N6O4.